The predicted molar refractivity (Wildman–Crippen MR) is 135 cm³/mol. The summed E-state index contributed by atoms with van der Waals surface area (Å²) in [4.78, 5) is 47.5. The van der Waals surface area contributed by atoms with Gasteiger partial charge in [-0.2, -0.15) is 0 Å². The van der Waals surface area contributed by atoms with Crippen molar-refractivity contribution < 1.29 is 28.7 Å². The van der Waals surface area contributed by atoms with Crippen LogP contribution in [0.1, 0.15) is 44.5 Å². The Labute approximate surface area is 210 Å². The van der Waals surface area contributed by atoms with Crippen LogP contribution in [0.25, 0.3) is 10.8 Å². The van der Waals surface area contributed by atoms with Crippen LogP contribution in [0.3, 0.4) is 0 Å². The maximum Gasteiger partial charge on any atom is 0.412 e. The van der Waals surface area contributed by atoms with Gasteiger partial charge in [0, 0.05) is 18.6 Å². The van der Waals surface area contributed by atoms with E-state index in [0.717, 1.165) is 10.8 Å². The number of likely N-dealkylation sites (N-methyl/N-ethyl adjacent to an activating group) is 1. The van der Waals surface area contributed by atoms with Crippen LogP contribution in [0.5, 0.6) is 0 Å². The van der Waals surface area contributed by atoms with Gasteiger partial charge in [0.1, 0.15) is 18.0 Å². The molecule has 0 aliphatic heterocycles. The van der Waals surface area contributed by atoms with Crippen molar-refractivity contribution in [3.8, 4) is 0 Å². The number of hydroxylamine groups is 2. The Balaban J connectivity index is 1.70. The van der Waals surface area contributed by atoms with Crippen LogP contribution < -0.4 is 5.32 Å². The number of ether oxygens (including phenoxy) is 2. The number of nitrogens with zero attached hydrogens (tertiary/aromatic N) is 2. The largest absolute Gasteiger partial charge is 0.460 e. The number of hydrogen-bond donors (Lipinski definition) is 1. The highest BCUT2D eigenvalue weighted by Crippen LogP contribution is 2.23. The number of esters is 1. The van der Waals surface area contributed by atoms with Crippen molar-refractivity contribution in [2.45, 2.75) is 45.3 Å². The van der Waals surface area contributed by atoms with E-state index in [1.54, 1.807) is 70.3 Å². The van der Waals surface area contributed by atoms with Gasteiger partial charge in [-0.3, -0.25) is 10.1 Å². The molecule has 0 saturated heterocycles. The first-order valence-corrected chi connectivity index (χ1v) is 11.5. The topological polar surface area (TPSA) is 107 Å². The Kier molecular flexibility index (Phi) is 8.26. The number of aromatic nitrogens is 1. The van der Waals surface area contributed by atoms with E-state index in [1.807, 2.05) is 24.3 Å². The maximum atomic E-state index is 12.6. The van der Waals surface area contributed by atoms with E-state index in [1.165, 1.54) is 12.1 Å². The summed E-state index contributed by atoms with van der Waals surface area (Å²) < 4.78 is 10.9. The van der Waals surface area contributed by atoms with Gasteiger partial charge < -0.3 is 14.3 Å². The Morgan fingerprint density at radius 2 is 1.58 bits per heavy atom. The molecular formula is C27H31N3O6. The molecule has 9 heteroatoms. The van der Waals surface area contributed by atoms with Crippen molar-refractivity contribution in [3.63, 3.8) is 0 Å². The minimum Gasteiger partial charge on any atom is -0.460 e. The van der Waals surface area contributed by atoms with Gasteiger partial charge in [-0.25, -0.2) is 14.6 Å². The van der Waals surface area contributed by atoms with E-state index < -0.39 is 29.2 Å². The zero-order valence-corrected chi connectivity index (χ0v) is 21.1. The molecule has 0 aliphatic rings. The van der Waals surface area contributed by atoms with Crippen molar-refractivity contribution in [2.24, 2.45) is 0 Å². The first-order chi connectivity index (χ1) is 16.9. The van der Waals surface area contributed by atoms with Crippen molar-refractivity contribution >= 4 is 34.6 Å². The van der Waals surface area contributed by atoms with Gasteiger partial charge in [0.2, 0.25) is 0 Å². The standard InChI is InChI=1S/C27H31N3O6/c1-26(2,3)35-23(31)16-27(4,30(5)36-24(32)19-11-7-6-8-12-19)18-34-25(33)29-22-15-20-13-9-10-14-21(20)17-28-22/h6-15,17H,16,18H2,1-5H3,(H,28,29,33)/t27-/m1/s1. The molecule has 2 aromatic carbocycles. The number of nitrogens with one attached hydrogen (secondary N) is 1. The Morgan fingerprint density at radius 3 is 2.25 bits per heavy atom. The lowest BCUT2D eigenvalue weighted by atomic mass is 9.98. The Hall–Kier alpha value is -3.98. The second-order valence-corrected chi connectivity index (χ2v) is 9.62. The molecule has 3 aromatic rings. The molecule has 1 atom stereocenters. The molecule has 1 heterocycles. The van der Waals surface area contributed by atoms with E-state index in [4.69, 9.17) is 14.3 Å². The summed E-state index contributed by atoms with van der Waals surface area (Å²) in [6.07, 6.45) is 0.676. The summed E-state index contributed by atoms with van der Waals surface area (Å²) in [5.74, 6) is -0.831. The number of fused-ring (bicyclic) bond motifs is 1. The highest BCUT2D eigenvalue weighted by Gasteiger charge is 2.38. The zero-order chi connectivity index (χ0) is 26.3. The Bertz CT molecular complexity index is 1220. The SMILES string of the molecule is CN(OC(=O)c1ccccc1)[C@@](C)(COC(=O)Nc1cc2ccccc2cn1)CC(=O)OC(C)(C)C. The first kappa shape index (κ1) is 26.6. The molecule has 0 unspecified atom stereocenters. The molecule has 1 aromatic heterocycles. The quantitative estimate of drug-likeness (QED) is 0.346. The van der Waals surface area contributed by atoms with Gasteiger partial charge in [0.15, 0.2) is 0 Å². The van der Waals surface area contributed by atoms with Crippen LogP contribution >= 0.6 is 0 Å². The summed E-state index contributed by atoms with van der Waals surface area (Å²) in [6.45, 7) is 6.62. The summed E-state index contributed by atoms with van der Waals surface area (Å²) in [7, 11) is 1.50. The number of carbonyl (C=O) groups excluding carboxylic acids is 3. The lowest BCUT2D eigenvalue weighted by molar-refractivity contribution is -0.185. The smallest absolute Gasteiger partial charge is 0.412 e. The van der Waals surface area contributed by atoms with Crippen molar-refractivity contribution in [3.05, 3.63) is 72.4 Å². The number of pyridine rings is 1. The molecule has 0 spiro atoms. The molecule has 1 N–H and O–H groups in total. The second kappa shape index (κ2) is 11.2. The average Bonchev–Trinajstić information content (AvgIpc) is 2.82. The van der Waals surface area contributed by atoms with E-state index in [9.17, 15) is 14.4 Å². The van der Waals surface area contributed by atoms with Crippen LogP contribution in [0.15, 0.2) is 66.9 Å². The Morgan fingerprint density at radius 1 is 0.944 bits per heavy atom. The second-order valence-electron chi connectivity index (χ2n) is 9.62. The van der Waals surface area contributed by atoms with Crippen LogP contribution in [-0.4, -0.2) is 52.9 Å². The van der Waals surface area contributed by atoms with Gasteiger partial charge in [-0.15, -0.1) is 5.06 Å². The summed E-state index contributed by atoms with van der Waals surface area (Å²) in [5.41, 5.74) is -1.59. The van der Waals surface area contributed by atoms with E-state index in [0.29, 0.717) is 11.4 Å². The number of amides is 1. The lowest BCUT2D eigenvalue weighted by Crippen LogP contribution is -2.51. The molecule has 36 heavy (non-hydrogen) atoms. The fourth-order valence-corrected chi connectivity index (χ4v) is 3.32. The fraction of sp³-hybridized carbons (Fsp3) is 0.333. The molecule has 9 nitrogen and oxygen atoms in total. The van der Waals surface area contributed by atoms with Crippen LogP contribution in [-0.2, 0) is 19.1 Å². The molecular weight excluding hydrogens is 462 g/mol. The molecule has 3 rings (SSSR count). The molecule has 0 bridgehead atoms. The number of rotatable bonds is 8. The van der Waals surface area contributed by atoms with Gasteiger partial charge in [-0.1, -0.05) is 42.5 Å². The normalized spacial score (nSPS) is 13.1. The van der Waals surface area contributed by atoms with Crippen LogP contribution in [0.4, 0.5) is 10.6 Å². The molecule has 0 aliphatic carbocycles. The van der Waals surface area contributed by atoms with Gasteiger partial charge >= 0.3 is 18.0 Å². The van der Waals surface area contributed by atoms with E-state index >= 15 is 0 Å². The number of benzene rings is 2. The van der Waals surface area contributed by atoms with Gasteiger partial charge in [-0.05, 0) is 51.3 Å². The lowest BCUT2D eigenvalue weighted by Gasteiger charge is -2.36. The minimum atomic E-state index is -1.22. The number of carbonyl (C=O) groups is 3. The van der Waals surface area contributed by atoms with Crippen molar-refractivity contribution in [1.82, 2.24) is 10.0 Å². The average molecular weight is 494 g/mol. The van der Waals surface area contributed by atoms with Gasteiger partial charge in [0.05, 0.1) is 17.5 Å². The zero-order valence-electron chi connectivity index (χ0n) is 21.1. The molecule has 190 valence electrons. The van der Waals surface area contributed by atoms with Gasteiger partial charge in [0.25, 0.3) is 0 Å². The monoisotopic (exact) mass is 493 g/mol. The first-order valence-electron chi connectivity index (χ1n) is 11.5. The molecule has 0 radical (unpaired) electrons. The highest BCUT2D eigenvalue weighted by atomic mass is 16.7. The van der Waals surface area contributed by atoms with Crippen LogP contribution in [0.2, 0.25) is 0 Å². The summed E-state index contributed by atoms with van der Waals surface area (Å²) >= 11 is 0. The predicted octanol–water partition coefficient (Wildman–Crippen LogP) is 4.98. The highest BCUT2D eigenvalue weighted by molar-refractivity contribution is 5.90. The molecule has 0 fully saturated rings. The van der Waals surface area contributed by atoms with E-state index in [2.05, 4.69) is 10.3 Å². The summed E-state index contributed by atoms with van der Waals surface area (Å²) in [6, 6.07) is 17.8. The summed E-state index contributed by atoms with van der Waals surface area (Å²) in [5, 5.41) is 5.65. The number of anilines is 1. The molecule has 1 amide bonds. The minimum absolute atomic E-state index is 0.204. The number of hydrogen-bond acceptors (Lipinski definition) is 8. The van der Waals surface area contributed by atoms with Crippen molar-refractivity contribution in [1.29, 1.82) is 0 Å². The van der Waals surface area contributed by atoms with Crippen LogP contribution in [0, 0.1) is 0 Å². The third-order valence-electron chi connectivity index (χ3n) is 5.31. The third-order valence-corrected chi connectivity index (χ3v) is 5.31. The van der Waals surface area contributed by atoms with Crippen molar-refractivity contribution in [2.75, 3.05) is 19.0 Å². The third kappa shape index (κ3) is 7.51. The fourth-order valence-electron chi connectivity index (χ4n) is 3.32. The van der Waals surface area contributed by atoms with E-state index in [-0.39, 0.29) is 13.0 Å². The molecule has 0 saturated carbocycles. The maximum absolute atomic E-state index is 12.6.